The fourth-order valence-electron chi connectivity index (χ4n) is 5.36. The first-order valence-electron chi connectivity index (χ1n) is 11.4. The molecule has 170 valence electrons. The second kappa shape index (κ2) is 7.99. The Morgan fingerprint density at radius 1 is 0.941 bits per heavy atom. The van der Waals surface area contributed by atoms with Crippen molar-refractivity contribution in [3.05, 3.63) is 83.9 Å². The average Bonchev–Trinajstić information content (AvgIpc) is 3.41. The molecule has 6 rings (SSSR count). The highest BCUT2D eigenvalue weighted by Crippen LogP contribution is 2.47. The quantitative estimate of drug-likeness (QED) is 0.442. The van der Waals surface area contributed by atoms with Gasteiger partial charge in [0, 0.05) is 55.5 Å². The van der Waals surface area contributed by atoms with Crippen LogP contribution in [-0.4, -0.2) is 33.8 Å². The topological polar surface area (TPSA) is 63.1 Å². The molecule has 0 saturated carbocycles. The van der Waals surface area contributed by atoms with Crippen molar-refractivity contribution >= 4 is 28.9 Å². The van der Waals surface area contributed by atoms with Gasteiger partial charge in [-0.2, -0.15) is 5.10 Å². The number of aromatic nitrogens is 3. The molecule has 0 radical (unpaired) electrons. The van der Waals surface area contributed by atoms with Gasteiger partial charge in [-0.15, -0.1) is 0 Å². The smallest absolute Gasteiger partial charge is 0.235 e. The first-order valence-corrected chi connectivity index (χ1v) is 11.8. The van der Waals surface area contributed by atoms with Gasteiger partial charge < -0.3 is 10.2 Å². The molecule has 2 aromatic heterocycles. The Hall–Kier alpha value is -3.64. The monoisotopic (exact) mass is 469 g/mol. The van der Waals surface area contributed by atoms with Crippen LogP contribution in [0.3, 0.4) is 0 Å². The van der Waals surface area contributed by atoms with Crippen molar-refractivity contribution in [2.24, 2.45) is 7.05 Å². The highest BCUT2D eigenvalue weighted by molar-refractivity contribution is 6.33. The Morgan fingerprint density at radius 2 is 1.68 bits per heavy atom. The van der Waals surface area contributed by atoms with Gasteiger partial charge in [-0.1, -0.05) is 54.1 Å². The third-order valence-corrected chi connectivity index (χ3v) is 7.44. The second-order valence-corrected chi connectivity index (χ2v) is 9.47. The molecule has 1 amide bonds. The van der Waals surface area contributed by atoms with E-state index in [0.717, 1.165) is 65.1 Å². The number of piperidine rings is 1. The summed E-state index contributed by atoms with van der Waals surface area (Å²) in [4.78, 5) is 19.7. The summed E-state index contributed by atoms with van der Waals surface area (Å²) < 4.78 is 1.80. The molecule has 0 aliphatic carbocycles. The number of fused-ring (bicyclic) bond motifs is 2. The van der Waals surface area contributed by atoms with Crippen LogP contribution < -0.4 is 10.2 Å². The molecule has 4 heterocycles. The number of hydrogen-bond donors (Lipinski definition) is 1. The zero-order chi connectivity index (χ0) is 23.3. The molecule has 2 aliphatic heterocycles. The number of para-hydroxylation sites is 1. The maximum atomic E-state index is 13.0. The van der Waals surface area contributed by atoms with E-state index in [9.17, 15) is 4.79 Å². The first-order chi connectivity index (χ1) is 16.5. The fraction of sp³-hybridized carbons (Fsp3) is 0.222. The normalized spacial score (nSPS) is 16.5. The van der Waals surface area contributed by atoms with Crippen LogP contribution in [0.15, 0.2) is 73.3 Å². The standard InChI is InChI=1S/C27H24ClN5O/c1-32-17-20(14-30-32)18-6-8-19(9-7-18)21-15-29-16-23(28)25(21)33-12-10-27(11-13-33)22-4-2-3-5-24(22)31-26(27)34/h2-9,14-17H,10-13H2,1H3,(H,31,34). The molecule has 7 heteroatoms. The zero-order valence-electron chi connectivity index (χ0n) is 18.8. The summed E-state index contributed by atoms with van der Waals surface area (Å²) in [6, 6.07) is 16.5. The number of halogens is 1. The molecule has 0 unspecified atom stereocenters. The predicted molar refractivity (Wildman–Crippen MR) is 135 cm³/mol. The van der Waals surface area contributed by atoms with Crippen molar-refractivity contribution in [3.8, 4) is 22.3 Å². The fourth-order valence-corrected chi connectivity index (χ4v) is 5.63. The van der Waals surface area contributed by atoms with Crippen LogP contribution in [-0.2, 0) is 17.3 Å². The van der Waals surface area contributed by atoms with Crippen molar-refractivity contribution in [2.75, 3.05) is 23.3 Å². The Labute approximate surface area is 203 Å². The lowest BCUT2D eigenvalue weighted by Gasteiger charge is -2.40. The van der Waals surface area contributed by atoms with Crippen LogP contribution in [0.5, 0.6) is 0 Å². The van der Waals surface area contributed by atoms with Crippen LogP contribution in [0.4, 0.5) is 11.4 Å². The summed E-state index contributed by atoms with van der Waals surface area (Å²) in [6.07, 6.45) is 8.93. The minimum absolute atomic E-state index is 0.111. The lowest BCUT2D eigenvalue weighted by Crippen LogP contribution is -2.46. The molecule has 6 nitrogen and oxygen atoms in total. The molecule has 2 aromatic carbocycles. The SMILES string of the molecule is Cn1cc(-c2ccc(-c3cncc(Cl)c3N3CCC4(CC3)C(=O)Nc3ccccc34)cc2)cn1. The van der Waals surface area contributed by atoms with Gasteiger partial charge in [0.2, 0.25) is 5.91 Å². The average molecular weight is 470 g/mol. The minimum Gasteiger partial charge on any atom is -0.370 e. The number of benzene rings is 2. The number of carbonyl (C=O) groups excluding carboxylic acids is 1. The van der Waals surface area contributed by atoms with E-state index in [1.807, 2.05) is 43.8 Å². The summed E-state index contributed by atoms with van der Waals surface area (Å²) in [5.41, 5.74) is 6.82. The van der Waals surface area contributed by atoms with E-state index < -0.39 is 5.41 Å². The molecular weight excluding hydrogens is 446 g/mol. The summed E-state index contributed by atoms with van der Waals surface area (Å²) >= 11 is 6.71. The Balaban J connectivity index is 1.30. The van der Waals surface area contributed by atoms with Gasteiger partial charge in [0.05, 0.1) is 22.3 Å². The second-order valence-electron chi connectivity index (χ2n) is 9.07. The Bertz CT molecular complexity index is 1390. The van der Waals surface area contributed by atoms with E-state index >= 15 is 0 Å². The number of pyridine rings is 1. The lowest BCUT2D eigenvalue weighted by molar-refractivity contribution is -0.121. The van der Waals surface area contributed by atoms with E-state index in [1.165, 1.54) is 0 Å². The summed E-state index contributed by atoms with van der Waals surface area (Å²) in [5, 5.41) is 7.97. The third kappa shape index (κ3) is 3.29. The van der Waals surface area contributed by atoms with Crippen molar-refractivity contribution in [2.45, 2.75) is 18.3 Å². The van der Waals surface area contributed by atoms with Gasteiger partial charge in [-0.05, 0) is 35.6 Å². The molecule has 1 spiro atoms. The van der Waals surface area contributed by atoms with Crippen LogP contribution in [0.2, 0.25) is 5.02 Å². The maximum absolute atomic E-state index is 13.0. The molecule has 1 N–H and O–H groups in total. The number of hydrogen-bond acceptors (Lipinski definition) is 4. The number of nitrogens with one attached hydrogen (secondary N) is 1. The van der Waals surface area contributed by atoms with Gasteiger partial charge >= 0.3 is 0 Å². The number of amides is 1. The van der Waals surface area contributed by atoms with Crippen molar-refractivity contribution < 1.29 is 4.79 Å². The molecular formula is C27H24ClN5O. The molecule has 0 atom stereocenters. The van der Waals surface area contributed by atoms with Crippen LogP contribution in [0.25, 0.3) is 22.3 Å². The summed E-state index contributed by atoms with van der Waals surface area (Å²) in [7, 11) is 1.92. The van der Waals surface area contributed by atoms with Gasteiger partial charge in [-0.25, -0.2) is 0 Å². The number of rotatable bonds is 3. The maximum Gasteiger partial charge on any atom is 0.235 e. The van der Waals surface area contributed by atoms with Gasteiger partial charge in [0.25, 0.3) is 0 Å². The van der Waals surface area contributed by atoms with Crippen LogP contribution in [0.1, 0.15) is 18.4 Å². The molecule has 0 bridgehead atoms. The molecule has 1 fully saturated rings. The van der Waals surface area contributed by atoms with Crippen LogP contribution in [0, 0.1) is 0 Å². The van der Waals surface area contributed by atoms with E-state index in [4.69, 9.17) is 11.6 Å². The number of nitrogens with zero attached hydrogens (tertiary/aromatic N) is 4. The molecule has 4 aromatic rings. The Morgan fingerprint density at radius 3 is 2.41 bits per heavy atom. The van der Waals surface area contributed by atoms with Crippen molar-refractivity contribution in [1.82, 2.24) is 14.8 Å². The summed E-state index contributed by atoms with van der Waals surface area (Å²) in [5.74, 6) is 0.111. The predicted octanol–water partition coefficient (Wildman–Crippen LogP) is 5.29. The van der Waals surface area contributed by atoms with Crippen molar-refractivity contribution in [3.63, 3.8) is 0 Å². The third-order valence-electron chi connectivity index (χ3n) is 7.17. The minimum atomic E-state index is -0.460. The van der Waals surface area contributed by atoms with E-state index in [0.29, 0.717) is 5.02 Å². The van der Waals surface area contributed by atoms with E-state index in [-0.39, 0.29) is 5.91 Å². The highest BCUT2D eigenvalue weighted by atomic mass is 35.5. The number of anilines is 2. The Kier molecular flexibility index (Phi) is 4.92. The lowest BCUT2D eigenvalue weighted by atomic mass is 9.73. The summed E-state index contributed by atoms with van der Waals surface area (Å²) in [6.45, 7) is 1.48. The number of aryl methyl sites for hydroxylation is 1. The van der Waals surface area contributed by atoms with Gasteiger partial charge in [0.15, 0.2) is 0 Å². The molecule has 1 saturated heterocycles. The van der Waals surface area contributed by atoms with Crippen molar-refractivity contribution in [1.29, 1.82) is 0 Å². The van der Waals surface area contributed by atoms with Gasteiger partial charge in [-0.3, -0.25) is 14.5 Å². The van der Waals surface area contributed by atoms with Crippen LogP contribution >= 0.6 is 11.6 Å². The van der Waals surface area contributed by atoms with E-state index in [2.05, 4.69) is 50.6 Å². The zero-order valence-corrected chi connectivity index (χ0v) is 19.6. The largest absolute Gasteiger partial charge is 0.370 e. The first kappa shape index (κ1) is 20.9. The number of carbonyl (C=O) groups is 1. The highest BCUT2D eigenvalue weighted by Gasteiger charge is 2.48. The van der Waals surface area contributed by atoms with Gasteiger partial charge in [0.1, 0.15) is 0 Å². The van der Waals surface area contributed by atoms with E-state index in [1.54, 1.807) is 10.9 Å². The molecule has 34 heavy (non-hydrogen) atoms. The molecule has 2 aliphatic rings.